The number of methoxy groups -OCH3 is 2. The van der Waals surface area contributed by atoms with Gasteiger partial charge in [0.25, 0.3) is 0 Å². The standard InChI is InChI=1S/C13H29NO4/c1-5-14(6-2)13(11-17-9-7-15-3)12-18-10-8-16-4/h13H,5-12H2,1-4H3. The molecule has 5 nitrogen and oxygen atoms in total. The Morgan fingerprint density at radius 3 is 1.56 bits per heavy atom. The Hall–Kier alpha value is -0.200. The quantitative estimate of drug-likeness (QED) is 0.464. The molecule has 0 aromatic heterocycles. The van der Waals surface area contributed by atoms with Crippen LogP contribution in [0.2, 0.25) is 0 Å². The molecule has 0 spiro atoms. The first-order valence-electron chi connectivity index (χ1n) is 6.67. The van der Waals surface area contributed by atoms with Gasteiger partial charge < -0.3 is 18.9 Å². The van der Waals surface area contributed by atoms with Crippen LogP contribution in [0.4, 0.5) is 0 Å². The maximum Gasteiger partial charge on any atom is 0.0701 e. The van der Waals surface area contributed by atoms with Crippen molar-refractivity contribution < 1.29 is 18.9 Å². The van der Waals surface area contributed by atoms with Gasteiger partial charge in [-0.15, -0.1) is 0 Å². The second kappa shape index (κ2) is 13.2. The Morgan fingerprint density at radius 2 is 1.22 bits per heavy atom. The van der Waals surface area contributed by atoms with Crippen molar-refractivity contribution in [3.63, 3.8) is 0 Å². The van der Waals surface area contributed by atoms with Gasteiger partial charge in [-0.3, -0.25) is 4.90 Å². The van der Waals surface area contributed by atoms with Crippen molar-refractivity contribution in [3.05, 3.63) is 0 Å². The third-order valence-electron chi connectivity index (χ3n) is 2.81. The van der Waals surface area contributed by atoms with E-state index in [2.05, 4.69) is 18.7 Å². The summed E-state index contributed by atoms with van der Waals surface area (Å²) in [4.78, 5) is 2.35. The fourth-order valence-electron chi connectivity index (χ4n) is 1.72. The van der Waals surface area contributed by atoms with Gasteiger partial charge in [0.2, 0.25) is 0 Å². The van der Waals surface area contributed by atoms with E-state index in [4.69, 9.17) is 18.9 Å². The summed E-state index contributed by atoms with van der Waals surface area (Å²) >= 11 is 0. The van der Waals surface area contributed by atoms with Crippen molar-refractivity contribution in [2.75, 3.05) is 67.0 Å². The van der Waals surface area contributed by atoms with Crippen molar-refractivity contribution in [2.24, 2.45) is 0 Å². The highest BCUT2D eigenvalue weighted by Gasteiger charge is 2.16. The van der Waals surface area contributed by atoms with E-state index in [1.165, 1.54) is 0 Å². The lowest BCUT2D eigenvalue weighted by molar-refractivity contribution is -0.0137. The van der Waals surface area contributed by atoms with Crippen molar-refractivity contribution in [2.45, 2.75) is 19.9 Å². The number of nitrogens with zero attached hydrogens (tertiary/aromatic N) is 1. The summed E-state index contributed by atoms with van der Waals surface area (Å²) in [7, 11) is 3.36. The molecule has 0 aliphatic carbocycles. The molecule has 0 N–H and O–H groups in total. The molecular weight excluding hydrogens is 234 g/mol. The lowest BCUT2D eigenvalue weighted by Crippen LogP contribution is -2.42. The zero-order chi connectivity index (χ0) is 13.6. The fourth-order valence-corrected chi connectivity index (χ4v) is 1.72. The van der Waals surface area contributed by atoms with Crippen LogP contribution in [0.15, 0.2) is 0 Å². The zero-order valence-electron chi connectivity index (χ0n) is 12.3. The van der Waals surface area contributed by atoms with E-state index in [1.54, 1.807) is 14.2 Å². The summed E-state index contributed by atoms with van der Waals surface area (Å²) in [6.45, 7) is 10.2. The van der Waals surface area contributed by atoms with Gasteiger partial charge in [-0.25, -0.2) is 0 Å². The van der Waals surface area contributed by atoms with Crippen LogP contribution in [-0.4, -0.2) is 77.9 Å². The van der Waals surface area contributed by atoms with Crippen LogP contribution >= 0.6 is 0 Å². The molecule has 18 heavy (non-hydrogen) atoms. The second-order valence-electron chi connectivity index (χ2n) is 4.01. The molecular formula is C13H29NO4. The van der Waals surface area contributed by atoms with Crippen LogP contribution < -0.4 is 0 Å². The predicted octanol–water partition coefficient (Wildman–Crippen LogP) is 1.02. The van der Waals surface area contributed by atoms with Crippen LogP contribution in [0.5, 0.6) is 0 Å². The molecule has 0 aliphatic rings. The first kappa shape index (κ1) is 17.8. The van der Waals surface area contributed by atoms with Crippen LogP contribution in [0.3, 0.4) is 0 Å². The summed E-state index contributed by atoms with van der Waals surface area (Å²) < 4.78 is 21.1. The third kappa shape index (κ3) is 8.83. The minimum atomic E-state index is 0.300. The van der Waals surface area contributed by atoms with Crippen molar-refractivity contribution >= 4 is 0 Å². The molecule has 0 radical (unpaired) electrons. The van der Waals surface area contributed by atoms with Gasteiger partial charge in [-0.1, -0.05) is 13.8 Å². The molecule has 0 atom stereocenters. The largest absolute Gasteiger partial charge is 0.382 e. The average Bonchev–Trinajstić information content (AvgIpc) is 2.40. The van der Waals surface area contributed by atoms with E-state index in [-0.39, 0.29) is 0 Å². The molecule has 0 rings (SSSR count). The lowest BCUT2D eigenvalue weighted by atomic mass is 10.2. The van der Waals surface area contributed by atoms with Crippen molar-refractivity contribution in [3.8, 4) is 0 Å². The first-order valence-corrected chi connectivity index (χ1v) is 6.67. The van der Waals surface area contributed by atoms with Gasteiger partial charge in [0, 0.05) is 14.2 Å². The Morgan fingerprint density at radius 1 is 0.778 bits per heavy atom. The highest BCUT2D eigenvalue weighted by molar-refractivity contribution is 4.69. The van der Waals surface area contributed by atoms with Crippen LogP contribution in [0.1, 0.15) is 13.8 Å². The molecule has 0 aliphatic heterocycles. The van der Waals surface area contributed by atoms with Crippen LogP contribution in [0, 0.1) is 0 Å². The molecule has 0 aromatic carbocycles. The maximum atomic E-state index is 5.60. The molecule has 0 unspecified atom stereocenters. The second-order valence-corrected chi connectivity index (χ2v) is 4.01. The Bertz CT molecular complexity index is 153. The summed E-state index contributed by atoms with van der Waals surface area (Å²) in [5.74, 6) is 0. The smallest absolute Gasteiger partial charge is 0.0701 e. The molecule has 110 valence electrons. The summed E-state index contributed by atoms with van der Waals surface area (Å²) in [5, 5.41) is 0. The van der Waals surface area contributed by atoms with E-state index in [9.17, 15) is 0 Å². The predicted molar refractivity (Wildman–Crippen MR) is 72.1 cm³/mol. The van der Waals surface area contributed by atoms with Crippen LogP contribution in [-0.2, 0) is 18.9 Å². The van der Waals surface area contributed by atoms with Crippen molar-refractivity contribution in [1.82, 2.24) is 4.90 Å². The van der Waals surface area contributed by atoms with Gasteiger partial charge in [-0.2, -0.15) is 0 Å². The molecule has 0 fully saturated rings. The Kier molecular flexibility index (Phi) is 13.1. The highest BCUT2D eigenvalue weighted by atomic mass is 16.5. The number of ether oxygens (including phenoxy) is 4. The van der Waals surface area contributed by atoms with Crippen molar-refractivity contribution in [1.29, 1.82) is 0 Å². The van der Waals surface area contributed by atoms with Gasteiger partial charge in [0.1, 0.15) is 0 Å². The highest BCUT2D eigenvalue weighted by Crippen LogP contribution is 2.01. The van der Waals surface area contributed by atoms with Gasteiger partial charge in [0.15, 0.2) is 0 Å². The minimum Gasteiger partial charge on any atom is -0.382 e. The molecule has 0 bridgehead atoms. The summed E-state index contributed by atoms with van der Waals surface area (Å²) in [6.07, 6.45) is 0. The monoisotopic (exact) mass is 263 g/mol. The fraction of sp³-hybridized carbons (Fsp3) is 1.00. The maximum absolute atomic E-state index is 5.60. The van der Waals surface area contributed by atoms with Crippen LogP contribution in [0.25, 0.3) is 0 Å². The van der Waals surface area contributed by atoms with Gasteiger partial charge in [-0.05, 0) is 13.1 Å². The molecule has 0 aromatic rings. The lowest BCUT2D eigenvalue weighted by Gasteiger charge is -2.29. The summed E-state index contributed by atoms with van der Waals surface area (Å²) in [5.41, 5.74) is 0. The van der Waals surface area contributed by atoms with Gasteiger partial charge in [0.05, 0.1) is 45.7 Å². The third-order valence-corrected chi connectivity index (χ3v) is 2.81. The SMILES string of the molecule is CCN(CC)C(COCCOC)COCCOC. The van der Waals surface area contributed by atoms with E-state index >= 15 is 0 Å². The van der Waals surface area contributed by atoms with E-state index in [0.717, 1.165) is 13.1 Å². The number of rotatable bonds is 13. The minimum absolute atomic E-state index is 0.300. The first-order chi connectivity index (χ1) is 8.79. The molecule has 0 saturated carbocycles. The Labute approximate surface area is 111 Å². The number of likely N-dealkylation sites (N-methyl/N-ethyl adjacent to an activating group) is 1. The van der Waals surface area contributed by atoms with Gasteiger partial charge >= 0.3 is 0 Å². The average molecular weight is 263 g/mol. The summed E-state index contributed by atoms with van der Waals surface area (Å²) in [6, 6.07) is 0.300. The zero-order valence-corrected chi connectivity index (χ0v) is 12.3. The van der Waals surface area contributed by atoms with E-state index < -0.39 is 0 Å². The topological polar surface area (TPSA) is 40.2 Å². The van der Waals surface area contributed by atoms with E-state index in [1.807, 2.05) is 0 Å². The molecule has 0 saturated heterocycles. The molecule has 0 amide bonds. The Balaban J connectivity index is 3.91. The van der Waals surface area contributed by atoms with E-state index in [0.29, 0.717) is 45.7 Å². The number of hydrogen-bond donors (Lipinski definition) is 0. The molecule has 0 heterocycles. The normalized spacial score (nSPS) is 11.7. The number of hydrogen-bond acceptors (Lipinski definition) is 5. The molecule has 5 heteroatoms.